The number of nitrogens with zero attached hydrogens (tertiary/aromatic N) is 1. The highest BCUT2D eigenvalue weighted by molar-refractivity contribution is 5.91. The molecule has 1 heterocycles. The van der Waals surface area contributed by atoms with Gasteiger partial charge in [-0.2, -0.15) is 5.10 Å². The van der Waals surface area contributed by atoms with Gasteiger partial charge in [0.25, 0.3) is 0 Å². The third kappa shape index (κ3) is 3.55. The Bertz CT molecular complexity index is 549. The molecule has 0 fully saturated rings. The van der Waals surface area contributed by atoms with Crippen molar-refractivity contribution in [2.45, 2.75) is 6.54 Å². The Balaban J connectivity index is 1.87. The van der Waals surface area contributed by atoms with Crippen LogP contribution in [0.2, 0.25) is 0 Å². The molecule has 2 N–H and O–H groups in total. The molecule has 0 aliphatic heterocycles. The molecule has 0 saturated heterocycles. The number of H-pyrrole nitrogens is 1. The van der Waals surface area contributed by atoms with E-state index in [1.165, 1.54) is 18.2 Å². The maximum atomic E-state index is 12.9. The predicted molar refractivity (Wildman–Crippen MR) is 65.9 cm³/mol. The van der Waals surface area contributed by atoms with E-state index in [0.29, 0.717) is 12.1 Å². The summed E-state index contributed by atoms with van der Waals surface area (Å²) >= 11 is 0. The van der Waals surface area contributed by atoms with Crippen molar-refractivity contribution < 1.29 is 9.18 Å². The molecule has 1 aromatic heterocycles. The van der Waals surface area contributed by atoms with Crippen LogP contribution in [0, 0.1) is 5.82 Å². The molecule has 0 bridgehead atoms. The highest BCUT2D eigenvalue weighted by Crippen LogP contribution is 2.05. The maximum Gasteiger partial charge on any atom is 0.244 e. The summed E-state index contributed by atoms with van der Waals surface area (Å²) in [5.74, 6) is -0.559. The number of halogens is 1. The third-order valence-corrected chi connectivity index (χ3v) is 2.30. The Labute approximate surface area is 104 Å². The minimum atomic E-state index is -0.323. The van der Waals surface area contributed by atoms with E-state index in [4.69, 9.17) is 0 Å². The van der Waals surface area contributed by atoms with Crippen molar-refractivity contribution in [1.82, 2.24) is 15.5 Å². The average Bonchev–Trinajstić information content (AvgIpc) is 2.87. The smallest absolute Gasteiger partial charge is 0.244 e. The second-order valence-electron chi connectivity index (χ2n) is 3.71. The van der Waals surface area contributed by atoms with Crippen LogP contribution in [-0.4, -0.2) is 16.1 Å². The van der Waals surface area contributed by atoms with E-state index in [1.54, 1.807) is 30.6 Å². The number of hydrogen-bond acceptors (Lipinski definition) is 2. The lowest BCUT2D eigenvalue weighted by atomic mass is 10.2. The van der Waals surface area contributed by atoms with E-state index < -0.39 is 0 Å². The lowest BCUT2D eigenvalue weighted by Gasteiger charge is -1.98. The number of carbonyl (C=O) groups is 1. The Morgan fingerprint density at radius 3 is 3.11 bits per heavy atom. The van der Waals surface area contributed by atoms with Gasteiger partial charge >= 0.3 is 0 Å². The van der Waals surface area contributed by atoms with Gasteiger partial charge in [-0.3, -0.25) is 9.89 Å². The van der Waals surface area contributed by atoms with Crippen LogP contribution in [-0.2, 0) is 11.3 Å². The van der Waals surface area contributed by atoms with Crippen LogP contribution in [0.3, 0.4) is 0 Å². The molecule has 0 aliphatic carbocycles. The van der Waals surface area contributed by atoms with Gasteiger partial charge in [-0.1, -0.05) is 12.1 Å². The van der Waals surface area contributed by atoms with Crippen LogP contribution in [0.25, 0.3) is 6.08 Å². The molecule has 2 aromatic rings. The standard InChI is InChI=1S/C13H12FN3O/c14-12-3-1-2-10(6-12)4-5-13(18)15-7-11-8-16-17-9-11/h1-6,8-9H,7H2,(H,15,18)(H,16,17)/b5-4+. The normalized spacial score (nSPS) is 10.7. The van der Waals surface area contributed by atoms with Gasteiger partial charge in [0.1, 0.15) is 5.82 Å². The monoisotopic (exact) mass is 245 g/mol. The Hall–Kier alpha value is -2.43. The topological polar surface area (TPSA) is 57.8 Å². The minimum Gasteiger partial charge on any atom is -0.348 e. The largest absolute Gasteiger partial charge is 0.348 e. The molecule has 4 nitrogen and oxygen atoms in total. The first-order valence-corrected chi connectivity index (χ1v) is 5.43. The number of carbonyl (C=O) groups excluding carboxylic acids is 1. The van der Waals surface area contributed by atoms with Crippen molar-refractivity contribution in [1.29, 1.82) is 0 Å². The highest BCUT2D eigenvalue weighted by atomic mass is 19.1. The molecule has 0 aliphatic rings. The van der Waals surface area contributed by atoms with Gasteiger partial charge in [-0.15, -0.1) is 0 Å². The van der Waals surface area contributed by atoms with E-state index in [1.807, 2.05) is 0 Å². The van der Waals surface area contributed by atoms with Crippen LogP contribution < -0.4 is 5.32 Å². The molecule has 0 radical (unpaired) electrons. The fourth-order valence-electron chi connectivity index (χ4n) is 1.40. The van der Waals surface area contributed by atoms with Gasteiger partial charge in [0.05, 0.1) is 6.20 Å². The average molecular weight is 245 g/mol. The number of rotatable bonds is 4. The molecule has 1 aromatic carbocycles. The van der Waals surface area contributed by atoms with Gasteiger partial charge < -0.3 is 5.32 Å². The highest BCUT2D eigenvalue weighted by Gasteiger charge is 1.97. The van der Waals surface area contributed by atoms with E-state index >= 15 is 0 Å². The van der Waals surface area contributed by atoms with E-state index in [2.05, 4.69) is 15.5 Å². The summed E-state index contributed by atoms with van der Waals surface area (Å²) in [5, 5.41) is 9.11. The van der Waals surface area contributed by atoms with Crippen molar-refractivity contribution in [3.63, 3.8) is 0 Å². The Morgan fingerprint density at radius 1 is 1.50 bits per heavy atom. The molecule has 0 atom stereocenters. The third-order valence-electron chi connectivity index (χ3n) is 2.30. The molecule has 2 rings (SSSR count). The quantitative estimate of drug-likeness (QED) is 0.808. The summed E-state index contributed by atoms with van der Waals surface area (Å²) in [4.78, 5) is 11.5. The fourth-order valence-corrected chi connectivity index (χ4v) is 1.40. The van der Waals surface area contributed by atoms with Gasteiger partial charge in [0.2, 0.25) is 5.91 Å². The van der Waals surface area contributed by atoms with Crippen LogP contribution in [0.4, 0.5) is 4.39 Å². The van der Waals surface area contributed by atoms with Crippen molar-refractivity contribution in [2.24, 2.45) is 0 Å². The number of nitrogens with one attached hydrogen (secondary N) is 2. The van der Waals surface area contributed by atoms with Gasteiger partial charge in [0.15, 0.2) is 0 Å². The zero-order chi connectivity index (χ0) is 12.8. The summed E-state index contributed by atoms with van der Waals surface area (Å²) in [6, 6.07) is 6.04. The summed E-state index contributed by atoms with van der Waals surface area (Å²) in [6.07, 6.45) is 6.27. The molecule has 0 saturated carbocycles. The fraction of sp³-hybridized carbons (Fsp3) is 0.0769. The van der Waals surface area contributed by atoms with Gasteiger partial charge in [0, 0.05) is 24.4 Å². The second kappa shape index (κ2) is 5.77. The lowest BCUT2D eigenvalue weighted by Crippen LogP contribution is -2.19. The molecule has 1 amide bonds. The van der Waals surface area contributed by atoms with Crippen LogP contribution in [0.1, 0.15) is 11.1 Å². The number of aromatic amines is 1. The van der Waals surface area contributed by atoms with Crippen LogP contribution in [0.5, 0.6) is 0 Å². The number of benzene rings is 1. The Morgan fingerprint density at radius 2 is 2.39 bits per heavy atom. The molecule has 5 heteroatoms. The summed E-state index contributed by atoms with van der Waals surface area (Å²) in [5.41, 5.74) is 1.54. The summed E-state index contributed by atoms with van der Waals surface area (Å²) < 4.78 is 12.9. The molecule has 0 spiro atoms. The van der Waals surface area contributed by atoms with Gasteiger partial charge in [-0.25, -0.2) is 4.39 Å². The molecule has 0 unspecified atom stereocenters. The van der Waals surface area contributed by atoms with E-state index in [-0.39, 0.29) is 11.7 Å². The maximum absolute atomic E-state index is 12.9. The van der Waals surface area contributed by atoms with Crippen molar-refractivity contribution in [3.05, 3.63) is 59.7 Å². The first-order valence-electron chi connectivity index (χ1n) is 5.43. The van der Waals surface area contributed by atoms with E-state index in [9.17, 15) is 9.18 Å². The molecular formula is C13H12FN3O. The molecule has 92 valence electrons. The number of aromatic nitrogens is 2. The number of hydrogen-bond donors (Lipinski definition) is 2. The summed E-state index contributed by atoms with van der Waals surface area (Å²) in [6.45, 7) is 0.406. The van der Waals surface area contributed by atoms with Crippen molar-refractivity contribution in [2.75, 3.05) is 0 Å². The van der Waals surface area contributed by atoms with Crippen molar-refractivity contribution in [3.8, 4) is 0 Å². The van der Waals surface area contributed by atoms with Crippen LogP contribution in [0.15, 0.2) is 42.7 Å². The van der Waals surface area contributed by atoms with Crippen molar-refractivity contribution >= 4 is 12.0 Å². The van der Waals surface area contributed by atoms with E-state index in [0.717, 1.165) is 5.56 Å². The summed E-state index contributed by atoms with van der Waals surface area (Å²) in [7, 11) is 0. The minimum absolute atomic E-state index is 0.236. The SMILES string of the molecule is O=C(/C=C/c1cccc(F)c1)NCc1cn[nH]c1. The zero-order valence-corrected chi connectivity index (χ0v) is 9.56. The first-order chi connectivity index (χ1) is 8.74. The Kier molecular flexibility index (Phi) is 3.86. The second-order valence-corrected chi connectivity index (χ2v) is 3.71. The first kappa shape index (κ1) is 12.0. The zero-order valence-electron chi connectivity index (χ0n) is 9.56. The van der Waals surface area contributed by atoms with Crippen LogP contribution >= 0.6 is 0 Å². The molecule has 18 heavy (non-hydrogen) atoms. The predicted octanol–water partition coefficient (Wildman–Crippen LogP) is 1.88. The number of amides is 1. The molecular weight excluding hydrogens is 233 g/mol. The van der Waals surface area contributed by atoms with Gasteiger partial charge in [-0.05, 0) is 23.8 Å². The lowest BCUT2D eigenvalue weighted by molar-refractivity contribution is -0.116.